The molecule has 2 aromatic carbocycles. The van der Waals surface area contributed by atoms with Crippen LogP contribution in [0, 0.1) is 11.7 Å². The molecule has 0 spiro atoms. The molecule has 0 atom stereocenters. The topological polar surface area (TPSA) is 49.8 Å². The van der Waals surface area contributed by atoms with Crippen molar-refractivity contribution in [1.82, 2.24) is 9.97 Å². The van der Waals surface area contributed by atoms with E-state index in [1.165, 1.54) is 12.1 Å². The van der Waals surface area contributed by atoms with E-state index < -0.39 is 0 Å². The standard InChI is InChI=1S/C20H21FN4/c1-14(2)13-22-19-12-18(15-6-4-3-5-7-15)24-20(25-19)23-17-10-8-16(21)9-11-17/h3-12,14H,13H2,1-2H3,(H2,22,23,24,25). The van der Waals surface area contributed by atoms with Crippen LogP contribution < -0.4 is 10.6 Å². The predicted octanol–water partition coefficient (Wildman–Crippen LogP) is 5.09. The maximum atomic E-state index is 13.1. The van der Waals surface area contributed by atoms with Crippen LogP contribution in [-0.2, 0) is 0 Å². The second-order valence-electron chi connectivity index (χ2n) is 6.23. The number of nitrogens with one attached hydrogen (secondary N) is 2. The molecule has 0 saturated heterocycles. The minimum Gasteiger partial charge on any atom is -0.370 e. The zero-order valence-electron chi connectivity index (χ0n) is 14.3. The maximum absolute atomic E-state index is 13.1. The van der Waals surface area contributed by atoms with Gasteiger partial charge in [0.1, 0.15) is 11.6 Å². The summed E-state index contributed by atoms with van der Waals surface area (Å²) in [4.78, 5) is 9.11. The van der Waals surface area contributed by atoms with Crippen LogP contribution in [-0.4, -0.2) is 16.5 Å². The molecule has 2 N–H and O–H groups in total. The normalized spacial score (nSPS) is 10.7. The summed E-state index contributed by atoms with van der Waals surface area (Å²) >= 11 is 0. The summed E-state index contributed by atoms with van der Waals surface area (Å²) in [6, 6.07) is 18.0. The third-order valence-corrected chi connectivity index (χ3v) is 3.59. The first-order chi connectivity index (χ1) is 12.1. The molecule has 3 aromatic rings. The Balaban J connectivity index is 1.92. The molecule has 0 aliphatic heterocycles. The number of benzene rings is 2. The van der Waals surface area contributed by atoms with Crippen LogP contribution in [0.4, 0.5) is 21.8 Å². The van der Waals surface area contributed by atoms with Crippen LogP contribution in [0.5, 0.6) is 0 Å². The maximum Gasteiger partial charge on any atom is 0.229 e. The van der Waals surface area contributed by atoms with Crippen molar-refractivity contribution in [3.8, 4) is 11.3 Å². The van der Waals surface area contributed by atoms with Crippen LogP contribution in [0.2, 0.25) is 0 Å². The lowest BCUT2D eigenvalue weighted by atomic mass is 10.1. The van der Waals surface area contributed by atoms with Gasteiger partial charge in [0.2, 0.25) is 5.95 Å². The third-order valence-electron chi connectivity index (χ3n) is 3.59. The van der Waals surface area contributed by atoms with E-state index in [1.807, 2.05) is 36.4 Å². The van der Waals surface area contributed by atoms with E-state index in [0.717, 1.165) is 29.3 Å². The average molecular weight is 336 g/mol. The molecule has 0 aliphatic rings. The predicted molar refractivity (Wildman–Crippen MR) is 100 cm³/mol. The van der Waals surface area contributed by atoms with E-state index in [0.29, 0.717) is 11.9 Å². The highest BCUT2D eigenvalue weighted by molar-refractivity contribution is 5.66. The molecule has 128 valence electrons. The van der Waals surface area contributed by atoms with Gasteiger partial charge in [0, 0.05) is 23.9 Å². The first kappa shape index (κ1) is 16.9. The second-order valence-corrected chi connectivity index (χ2v) is 6.23. The fourth-order valence-corrected chi connectivity index (χ4v) is 2.32. The van der Waals surface area contributed by atoms with Gasteiger partial charge in [-0.15, -0.1) is 0 Å². The first-order valence-corrected chi connectivity index (χ1v) is 8.31. The van der Waals surface area contributed by atoms with Gasteiger partial charge in [-0.3, -0.25) is 0 Å². The molecule has 3 rings (SSSR count). The van der Waals surface area contributed by atoms with Crippen molar-refractivity contribution in [1.29, 1.82) is 0 Å². The zero-order chi connectivity index (χ0) is 17.6. The fourth-order valence-electron chi connectivity index (χ4n) is 2.32. The molecule has 1 aromatic heterocycles. The van der Waals surface area contributed by atoms with Gasteiger partial charge in [-0.1, -0.05) is 44.2 Å². The molecule has 0 fully saturated rings. The van der Waals surface area contributed by atoms with Gasteiger partial charge >= 0.3 is 0 Å². The summed E-state index contributed by atoms with van der Waals surface area (Å²) in [5.41, 5.74) is 2.58. The Morgan fingerprint density at radius 2 is 1.68 bits per heavy atom. The number of anilines is 3. The van der Waals surface area contributed by atoms with Gasteiger partial charge in [0.05, 0.1) is 5.69 Å². The van der Waals surface area contributed by atoms with Gasteiger partial charge in [-0.2, -0.15) is 4.98 Å². The molecule has 4 nitrogen and oxygen atoms in total. The molecule has 0 saturated carbocycles. The van der Waals surface area contributed by atoms with Gasteiger partial charge in [-0.25, -0.2) is 9.37 Å². The molecule has 1 heterocycles. The zero-order valence-corrected chi connectivity index (χ0v) is 14.3. The van der Waals surface area contributed by atoms with Gasteiger partial charge < -0.3 is 10.6 Å². The summed E-state index contributed by atoms with van der Waals surface area (Å²) in [6.07, 6.45) is 0. The van der Waals surface area contributed by atoms with Crippen molar-refractivity contribution in [2.75, 3.05) is 17.2 Å². The Bertz CT molecular complexity index is 817. The smallest absolute Gasteiger partial charge is 0.229 e. The Hall–Kier alpha value is -2.95. The molecule has 0 aliphatic carbocycles. The van der Waals surface area contributed by atoms with Crippen LogP contribution in [0.25, 0.3) is 11.3 Å². The molecule has 25 heavy (non-hydrogen) atoms. The number of hydrogen-bond acceptors (Lipinski definition) is 4. The van der Waals surface area contributed by atoms with E-state index >= 15 is 0 Å². The summed E-state index contributed by atoms with van der Waals surface area (Å²) in [7, 11) is 0. The highest BCUT2D eigenvalue weighted by Crippen LogP contribution is 2.23. The van der Waals surface area contributed by atoms with Crippen molar-refractivity contribution in [2.45, 2.75) is 13.8 Å². The number of hydrogen-bond donors (Lipinski definition) is 2. The number of nitrogens with zero attached hydrogens (tertiary/aromatic N) is 2. The van der Waals surface area contributed by atoms with Crippen molar-refractivity contribution in [3.63, 3.8) is 0 Å². The van der Waals surface area contributed by atoms with Gasteiger partial charge in [0.15, 0.2) is 0 Å². The largest absolute Gasteiger partial charge is 0.370 e. The highest BCUT2D eigenvalue weighted by atomic mass is 19.1. The molecular formula is C20H21FN4. The summed E-state index contributed by atoms with van der Waals surface area (Å²) in [6.45, 7) is 5.11. The Morgan fingerprint density at radius 1 is 0.960 bits per heavy atom. The number of aromatic nitrogens is 2. The van der Waals surface area contributed by atoms with Crippen molar-refractivity contribution < 1.29 is 4.39 Å². The molecule has 0 bridgehead atoms. The molecule has 0 amide bonds. The minimum absolute atomic E-state index is 0.274. The number of rotatable bonds is 6. The van der Waals surface area contributed by atoms with Crippen LogP contribution >= 0.6 is 0 Å². The Morgan fingerprint density at radius 3 is 2.36 bits per heavy atom. The third kappa shape index (κ3) is 4.76. The van der Waals surface area contributed by atoms with Crippen molar-refractivity contribution >= 4 is 17.5 Å². The SMILES string of the molecule is CC(C)CNc1cc(-c2ccccc2)nc(Nc2ccc(F)cc2)n1. The lowest BCUT2D eigenvalue weighted by Gasteiger charge is -2.12. The van der Waals surface area contributed by atoms with E-state index in [-0.39, 0.29) is 5.82 Å². The molecule has 0 radical (unpaired) electrons. The van der Waals surface area contributed by atoms with E-state index in [9.17, 15) is 4.39 Å². The van der Waals surface area contributed by atoms with Crippen LogP contribution in [0.3, 0.4) is 0 Å². The first-order valence-electron chi connectivity index (χ1n) is 8.31. The Labute approximate surface area is 147 Å². The molecule has 0 unspecified atom stereocenters. The summed E-state index contributed by atoms with van der Waals surface area (Å²) in [5.74, 6) is 1.46. The highest BCUT2D eigenvalue weighted by Gasteiger charge is 2.08. The van der Waals surface area contributed by atoms with Crippen LogP contribution in [0.1, 0.15) is 13.8 Å². The van der Waals surface area contributed by atoms with Crippen molar-refractivity contribution in [2.24, 2.45) is 5.92 Å². The fraction of sp³-hybridized carbons (Fsp3) is 0.200. The minimum atomic E-state index is -0.274. The van der Waals surface area contributed by atoms with E-state index in [4.69, 9.17) is 0 Å². The van der Waals surface area contributed by atoms with Crippen molar-refractivity contribution in [3.05, 3.63) is 66.5 Å². The van der Waals surface area contributed by atoms with E-state index in [2.05, 4.69) is 34.4 Å². The quantitative estimate of drug-likeness (QED) is 0.658. The molecular weight excluding hydrogens is 315 g/mol. The van der Waals surface area contributed by atoms with Crippen LogP contribution in [0.15, 0.2) is 60.7 Å². The second kappa shape index (κ2) is 7.75. The summed E-state index contributed by atoms with van der Waals surface area (Å²) < 4.78 is 13.1. The summed E-state index contributed by atoms with van der Waals surface area (Å²) in [5, 5.41) is 6.48. The average Bonchev–Trinajstić information content (AvgIpc) is 2.62. The molecule has 5 heteroatoms. The lowest BCUT2D eigenvalue weighted by molar-refractivity contribution is 0.628. The number of halogens is 1. The lowest BCUT2D eigenvalue weighted by Crippen LogP contribution is -2.10. The Kier molecular flexibility index (Phi) is 5.23. The monoisotopic (exact) mass is 336 g/mol. The van der Waals surface area contributed by atoms with E-state index in [1.54, 1.807) is 12.1 Å². The van der Waals surface area contributed by atoms with Gasteiger partial charge in [0.25, 0.3) is 0 Å². The van der Waals surface area contributed by atoms with Gasteiger partial charge in [-0.05, 0) is 30.2 Å².